The van der Waals surface area contributed by atoms with Crippen LogP contribution in [0.25, 0.3) is 0 Å². The molecule has 2 aromatic rings. The zero-order valence-corrected chi connectivity index (χ0v) is 19.1. The van der Waals surface area contributed by atoms with Crippen molar-refractivity contribution in [1.29, 1.82) is 0 Å². The van der Waals surface area contributed by atoms with E-state index in [1.54, 1.807) is 0 Å². The molecule has 0 N–H and O–H groups in total. The molecular formula is C26H31ClN2O2. The standard InChI is InChI=1S/C26H31ClN2O2/c1-17(2)14-28(15-18-3-5-19(27)6-4-18)20-7-9-21(10-8-20)31-22-11-12-23-24(13-22)25-16-29(25)26(23)30/h3-6,11-13,17,20-21,25H,7-10,14-16H2,1-2H3/t20-,21-,25?,29?. The predicted octanol–water partition coefficient (Wildman–Crippen LogP) is 5.70. The molecule has 3 aliphatic rings. The molecule has 2 aliphatic heterocycles. The number of amides is 1. The highest BCUT2D eigenvalue weighted by atomic mass is 35.5. The van der Waals surface area contributed by atoms with Gasteiger partial charge in [-0.25, -0.2) is 0 Å². The number of fused-ring (bicyclic) bond motifs is 3. The lowest BCUT2D eigenvalue weighted by Crippen LogP contribution is -2.41. The van der Waals surface area contributed by atoms with Crippen molar-refractivity contribution in [2.45, 2.75) is 64.3 Å². The summed E-state index contributed by atoms with van der Waals surface area (Å²) in [6.45, 7) is 7.55. The number of carbonyl (C=O) groups is 1. The van der Waals surface area contributed by atoms with Gasteiger partial charge in [-0.15, -0.1) is 0 Å². The highest BCUT2D eigenvalue weighted by Gasteiger charge is 2.48. The number of ether oxygens (including phenoxy) is 1. The van der Waals surface area contributed by atoms with E-state index < -0.39 is 0 Å². The van der Waals surface area contributed by atoms with Gasteiger partial charge in [-0.1, -0.05) is 37.6 Å². The van der Waals surface area contributed by atoms with Gasteiger partial charge < -0.3 is 9.64 Å². The van der Waals surface area contributed by atoms with Gasteiger partial charge in [-0.05, 0) is 73.1 Å². The molecule has 5 heteroatoms. The summed E-state index contributed by atoms with van der Waals surface area (Å²) in [6.07, 6.45) is 4.73. The molecule has 4 nitrogen and oxygen atoms in total. The SMILES string of the molecule is CC(C)CN(Cc1ccc(Cl)cc1)[C@H]1CC[C@H](Oc2ccc3c(c2)C2CN2C3=O)CC1. The van der Waals surface area contributed by atoms with Crippen molar-refractivity contribution < 1.29 is 9.53 Å². The molecule has 1 saturated heterocycles. The summed E-state index contributed by atoms with van der Waals surface area (Å²) in [5, 5.41) is 0.794. The first-order valence-electron chi connectivity index (χ1n) is 11.6. The number of halogens is 1. The van der Waals surface area contributed by atoms with E-state index in [0.29, 0.717) is 18.0 Å². The Morgan fingerprint density at radius 1 is 1.10 bits per heavy atom. The van der Waals surface area contributed by atoms with E-state index >= 15 is 0 Å². The molecule has 31 heavy (non-hydrogen) atoms. The van der Waals surface area contributed by atoms with Gasteiger partial charge in [0, 0.05) is 36.3 Å². The maximum atomic E-state index is 12.1. The van der Waals surface area contributed by atoms with E-state index in [1.165, 1.54) is 5.56 Å². The van der Waals surface area contributed by atoms with Crippen molar-refractivity contribution in [2.24, 2.45) is 5.92 Å². The summed E-state index contributed by atoms with van der Waals surface area (Å²) in [5.41, 5.74) is 3.34. The lowest BCUT2D eigenvalue weighted by molar-refractivity contribution is 0.0769. The number of hydrogen-bond donors (Lipinski definition) is 0. The van der Waals surface area contributed by atoms with E-state index in [0.717, 1.165) is 67.2 Å². The Balaban J connectivity index is 1.19. The summed E-state index contributed by atoms with van der Waals surface area (Å²) >= 11 is 6.07. The van der Waals surface area contributed by atoms with Crippen LogP contribution in [0.1, 0.15) is 67.1 Å². The Hall–Kier alpha value is -2.04. The second-order valence-electron chi connectivity index (χ2n) is 9.72. The second kappa shape index (κ2) is 8.48. The molecule has 0 aromatic heterocycles. The average molecular weight is 439 g/mol. The number of nitrogens with zero attached hydrogens (tertiary/aromatic N) is 2. The van der Waals surface area contributed by atoms with Gasteiger partial charge in [0.2, 0.25) is 0 Å². The third-order valence-corrected chi connectivity index (χ3v) is 7.10. The van der Waals surface area contributed by atoms with Gasteiger partial charge in [0.25, 0.3) is 5.91 Å². The van der Waals surface area contributed by atoms with Crippen LogP contribution in [0, 0.1) is 5.92 Å². The van der Waals surface area contributed by atoms with Crippen molar-refractivity contribution in [3.8, 4) is 5.75 Å². The largest absolute Gasteiger partial charge is 0.490 e. The fourth-order valence-corrected chi connectivity index (χ4v) is 5.35. The topological polar surface area (TPSA) is 32.5 Å². The average Bonchev–Trinajstić information content (AvgIpc) is 3.51. The Bertz CT molecular complexity index is 950. The highest BCUT2D eigenvalue weighted by molar-refractivity contribution is 6.30. The minimum absolute atomic E-state index is 0.179. The molecule has 1 amide bonds. The van der Waals surface area contributed by atoms with E-state index in [9.17, 15) is 4.79 Å². The molecule has 0 bridgehead atoms. The van der Waals surface area contributed by atoms with Crippen LogP contribution in [0.2, 0.25) is 5.02 Å². The summed E-state index contributed by atoms with van der Waals surface area (Å²) in [4.78, 5) is 16.7. The van der Waals surface area contributed by atoms with Gasteiger partial charge in [-0.2, -0.15) is 0 Å². The van der Waals surface area contributed by atoms with Crippen LogP contribution in [-0.2, 0) is 6.54 Å². The molecule has 2 aromatic carbocycles. The number of hydrogen-bond acceptors (Lipinski definition) is 3. The number of rotatable bonds is 7. The van der Waals surface area contributed by atoms with Crippen LogP contribution in [0.15, 0.2) is 42.5 Å². The summed E-state index contributed by atoms with van der Waals surface area (Å²) in [7, 11) is 0. The summed E-state index contributed by atoms with van der Waals surface area (Å²) < 4.78 is 6.36. The monoisotopic (exact) mass is 438 g/mol. The lowest BCUT2D eigenvalue weighted by atomic mass is 9.91. The van der Waals surface area contributed by atoms with Crippen LogP contribution in [0.3, 0.4) is 0 Å². The maximum Gasteiger partial charge on any atom is 0.254 e. The van der Waals surface area contributed by atoms with E-state index in [4.69, 9.17) is 16.3 Å². The third kappa shape index (κ3) is 4.47. The lowest BCUT2D eigenvalue weighted by Gasteiger charge is -2.38. The Kier molecular flexibility index (Phi) is 5.70. The van der Waals surface area contributed by atoms with E-state index in [1.807, 2.05) is 29.2 Å². The van der Waals surface area contributed by atoms with Crippen LogP contribution < -0.4 is 4.74 Å². The highest BCUT2D eigenvalue weighted by Crippen LogP contribution is 2.46. The van der Waals surface area contributed by atoms with Crippen LogP contribution in [0.5, 0.6) is 5.75 Å². The molecule has 0 spiro atoms. The Morgan fingerprint density at radius 3 is 2.55 bits per heavy atom. The minimum Gasteiger partial charge on any atom is -0.490 e. The fourth-order valence-electron chi connectivity index (χ4n) is 5.23. The van der Waals surface area contributed by atoms with Crippen LogP contribution >= 0.6 is 11.6 Å². The maximum absolute atomic E-state index is 12.1. The molecule has 1 atom stereocenters. The van der Waals surface area contributed by atoms with E-state index in [-0.39, 0.29) is 12.0 Å². The quantitative estimate of drug-likeness (QED) is 0.520. The first-order chi connectivity index (χ1) is 15.0. The predicted molar refractivity (Wildman–Crippen MR) is 124 cm³/mol. The number of carbonyl (C=O) groups excluding carboxylic acids is 1. The second-order valence-corrected chi connectivity index (χ2v) is 10.2. The van der Waals surface area contributed by atoms with Crippen molar-refractivity contribution in [3.63, 3.8) is 0 Å². The van der Waals surface area contributed by atoms with Crippen molar-refractivity contribution in [1.82, 2.24) is 9.80 Å². The van der Waals surface area contributed by atoms with Crippen LogP contribution in [-0.4, -0.2) is 40.9 Å². The van der Waals surface area contributed by atoms with Gasteiger partial charge in [-0.3, -0.25) is 9.69 Å². The molecule has 5 rings (SSSR count). The minimum atomic E-state index is 0.179. The molecule has 2 fully saturated rings. The van der Waals surface area contributed by atoms with Gasteiger partial charge in [0.1, 0.15) is 5.75 Å². The zero-order chi connectivity index (χ0) is 21.5. The van der Waals surface area contributed by atoms with Crippen molar-refractivity contribution in [3.05, 3.63) is 64.2 Å². The normalized spacial score (nSPS) is 24.5. The first kappa shape index (κ1) is 20.8. The number of benzene rings is 2. The molecule has 2 heterocycles. The smallest absolute Gasteiger partial charge is 0.254 e. The molecule has 1 unspecified atom stereocenters. The Labute approximate surface area is 190 Å². The first-order valence-corrected chi connectivity index (χ1v) is 12.0. The van der Waals surface area contributed by atoms with Crippen LogP contribution in [0.4, 0.5) is 0 Å². The Morgan fingerprint density at radius 2 is 1.84 bits per heavy atom. The molecule has 1 aliphatic carbocycles. The summed E-state index contributed by atoms with van der Waals surface area (Å²) in [6, 6.07) is 15.2. The zero-order valence-electron chi connectivity index (χ0n) is 18.4. The molecule has 0 radical (unpaired) electrons. The summed E-state index contributed by atoms with van der Waals surface area (Å²) in [5.74, 6) is 1.74. The molecule has 164 valence electrons. The van der Waals surface area contributed by atoms with E-state index in [2.05, 4.69) is 36.9 Å². The van der Waals surface area contributed by atoms with Gasteiger partial charge >= 0.3 is 0 Å². The fraction of sp³-hybridized carbons (Fsp3) is 0.500. The third-order valence-electron chi connectivity index (χ3n) is 6.85. The molecule has 1 saturated carbocycles. The van der Waals surface area contributed by atoms with Crippen molar-refractivity contribution in [2.75, 3.05) is 13.1 Å². The molecular weight excluding hydrogens is 408 g/mol. The van der Waals surface area contributed by atoms with Gasteiger partial charge in [0.05, 0.1) is 12.1 Å². The van der Waals surface area contributed by atoms with Gasteiger partial charge in [0.15, 0.2) is 0 Å². The van der Waals surface area contributed by atoms with Crippen molar-refractivity contribution >= 4 is 17.5 Å².